The molecule has 2 aliphatic rings. The van der Waals surface area contributed by atoms with Gasteiger partial charge in [0.05, 0.1) is 7.11 Å². The summed E-state index contributed by atoms with van der Waals surface area (Å²) < 4.78 is 5.18. The number of hydrogen-bond donors (Lipinski definition) is 1. The van der Waals surface area contributed by atoms with Gasteiger partial charge >= 0.3 is 0 Å². The van der Waals surface area contributed by atoms with E-state index in [9.17, 15) is 10.1 Å². The quantitative estimate of drug-likeness (QED) is 0.856. The topological polar surface area (TPSA) is 62.1 Å². The number of nitrogens with one attached hydrogen (secondary N) is 1. The van der Waals surface area contributed by atoms with Crippen molar-refractivity contribution >= 4 is 5.78 Å². The minimum Gasteiger partial charge on any atom is -0.495 e. The van der Waals surface area contributed by atoms with Crippen LogP contribution in [0.5, 0.6) is 5.75 Å². The second kappa shape index (κ2) is 5.26. The zero-order valence-corrected chi connectivity index (χ0v) is 11.6. The lowest BCUT2D eigenvalue weighted by Crippen LogP contribution is -2.40. The standard InChI is InChI=1S/C16H18N2O2/c1-20-15-4-2-3-13(14(15)9-17)16(19)10-7-11-5-6-12(8-10)18-11/h2-4,10-12,18H,5-8H2,1H3. The highest BCUT2D eigenvalue weighted by molar-refractivity contribution is 6.00. The Balaban J connectivity index is 1.89. The van der Waals surface area contributed by atoms with Crippen molar-refractivity contribution in [1.29, 1.82) is 5.26 Å². The van der Waals surface area contributed by atoms with Gasteiger partial charge in [0.1, 0.15) is 17.4 Å². The van der Waals surface area contributed by atoms with Gasteiger partial charge in [-0.05, 0) is 37.8 Å². The molecule has 1 aromatic rings. The van der Waals surface area contributed by atoms with Crippen molar-refractivity contribution in [3.63, 3.8) is 0 Å². The summed E-state index contributed by atoms with van der Waals surface area (Å²) in [6, 6.07) is 8.30. The molecule has 2 bridgehead atoms. The van der Waals surface area contributed by atoms with Crippen molar-refractivity contribution in [3.05, 3.63) is 29.3 Å². The first-order valence-corrected chi connectivity index (χ1v) is 7.10. The molecule has 20 heavy (non-hydrogen) atoms. The summed E-state index contributed by atoms with van der Waals surface area (Å²) >= 11 is 0. The monoisotopic (exact) mass is 270 g/mol. The number of fused-ring (bicyclic) bond motifs is 2. The Hall–Kier alpha value is -1.86. The molecule has 4 nitrogen and oxygen atoms in total. The molecule has 2 saturated heterocycles. The molecule has 1 aromatic carbocycles. The third-order valence-corrected chi connectivity index (χ3v) is 4.47. The van der Waals surface area contributed by atoms with Crippen molar-refractivity contribution in [1.82, 2.24) is 5.32 Å². The molecule has 1 N–H and O–H groups in total. The number of rotatable bonds is 3. The number of ether oxygens (including phenoxy) is 1. The predicted octanol–water partition coefficient (Wildman–Crippen LogP) is 2.28. The Labute approximate surface area is 118 Å². The van der Waals surface area contributed by atoms with Gasteiger partial charge in [0, 0.05) is 23.6 Å². The highest BCUT2D eigenvalue weighted by Gasteiger charge is 2.37. The number of ketones is 1. The Bertz CT molecular complexity index is 564. The fraction of sp³-hybridized carbons (Fsp3) is 0.500. The lowest BCUT2D eigenvalue weighted by molar-refractivity contribution is 0.0875. The van der Waals surface area contributed by atoms with Gasteiger partial charge in [-0.25, -0.2) is 0 Å². The average molecular weight is 270 g/mol. The van der Waals surface area contributed by atoms with Crippen LogP contribution < -0.4 is 10.1 Å². The first-order chi connectivity index (χ1) is 9.72. The Morgan fingerprint density at radius 1 is 1.35 bits per heavy atom. The molecular weight excluding hydrogens is 252 g/mol. The van der Waals surface area contributed by atoms with Crippen LogP contribution in [0, 0.1) is 17.2 Å². The molecule has 2 unspecified atom stereocenters. The van der Waals surface area contributed by atoms with Gasteiger partial charge < -0.3 is 10.1 Å². The van der Waals surface area contributed by atoms with Gasteiger partial charge in [0.15, 0.2) is 5.78 Å². The molecular formula is C16H18N2O2. The first-order valence-electron chi connectivity index (χ1n) is 7.10. The van der Waals surface area contributed by atoms with E-state index >= 15 is 0 Å². The number of carbonyl (C=O) groups excluding carboxylic acids is 1. The fourth-order valence-electron chi connectivity index (χ4n) is 3.51. The van der Waals surface area contributed by atoms with Crippen molar-refractivity contribution in [3.8, 4) is 11.8 Å². The van der Waals surface area contributed by atoms with Gasteiger partial charge in [-0.1, -0.05) is 6.07 Å². The molecule has 0 saturated carbocycles. The second-order valence-corrected chi connectivity index (χ2v) is 5.67. The molecule has 0 spiro atoms. The molecule has 2 fully saturated rings. The number of nitrogens with zero attached hydrogens (tertiary/aromatic N) is 1. The lowest BCUT2D eigenvalue weighted by Gasteiger charge is -2.28. The minimum absolute atomic E-state index is 0.0351. The maximum Gasteiger partial charge on any atom is 0.167 e. The molecule has 2 aliphatic heterocycles. The number of nitriles is 1. The van der Waals surface area contributed by atoms with E-state index < -0.39 is 0 Å². The summed E-state index contributed by atoms with van der Waals surface area (Å²) in [7, 11) is 1.52. The van der Waals surface area contributed by atoms with Gasteiger partial charge in [-0.3, -0.25) is 4.79 Å². The smallest absolute Gasteiger partial charge is 0.167 e. The summed E-state index contributed by atoms with van der Waals surface area (Å²) in [6.45, 7) is 0. The average Bonchev–Trinajstić information content (AvgIpc) is 2.83. The maximum absolute atomic E-state index is 12.7. The van der Waals surface area contributed by atoms with Crippen molar-refractivity contribution in [2.24, 2.45) is 5.92 Å². The van der Waals surface area contributed by atoms with Gasteiger partial charge in [-0.2, -0.15) is 5.26 Å². The van der Waals surface area contributed by atoms with Gasteiger partial charge in [0.2, 0.25) is 0 Å². The van der Waals surface area contributed by atoms with E-state index in [2.05, 4.69) is 11.4 Å². The number of Topliss-reactive ketones (excluding diaryl/α,β-unsaturated/α-hetero) is 1. The molecule has 2 heterocycles. The molecule has 4 heteroatoms. The largest absolute Gasteiger partial charge is 0.495 e. The van der Waals surface area contributed by atoms with Crippen LogP contribution in [0.1, 0.15) is 41.6 Å². The molecule has 3 rings (SSSR count). The van der Waals surface area contributed by atoms with E-state index in [-0.39, 0.29) is 11.7 Å². The molecule has 0 aromatic heterocycles. The number of methoxy groups -OCH3 is 1. The zero-order chi connectivity index (χ0) is 14.1. The van der Waals surface area contributed by atoms with Crippen LogP contribution in [-0.4, -0.2) is 25.0 Å². The van der Waals surface area contributed by atoms with Crippen LogP contribution >= 0.6 is 0 Å². The molecule has 0 radical (unpaired) electrons. The second-order valence-electron chi connectivity index (χ2n) is 5.67. The lowest BCUT2D eigenvalue weighted by atomic mass is 9.84. The van der Waals surface area contributed by atoms with Crippen molar-refractivity contribution in [2.45, 2.75) is 37.8 Å². The zero-order valence-electron chi connectivity index (χ0n) is 11.6. The predicted molar refractivity (Wildman–Crippen MR) is 74.7 cm³/mol. The van der Waals surface area contributed by atoms with Gasteiger partial charge in [-0.15, -0.1) is 0 Å². The third kappa shape index (κ3) is 2.19. The van der Waals surface area contributed by atoms with E-state index in [4.69, 9.17) is 4.74 Å². The fourth-order valence-corrected chi connectivity index (χ4v) is 3.51. The Kier molecular flexibility index (Phi) is 3.45. The summed E-state index contributed by atoms with van der Waals surface area (Å²) in [5.74, 6) is 0.613. The summed E-state index contributed by atoms with van der Waals surface area (Å²) in [5, 5.41) is 12.8. The van der Waals surface area contributed by atoms with E-state index in [1.807, 2.05) is 0 Å². The Morgan fingerprint density at radius 2 is 2.05 bits per heavy atom. The molecule has 2 atom stereocenters. The third-order valence-electron chi connectivity index (χ3n) is 4.47. The molecule has 104 valence electrons. The highest BCUT2D eigenvalue weighted by atomic mass is 16.5. The van der Waals surface area contributed by atoms with Gasteiger partial charge in [0.25, 0.3) is 0 Å². The van der Waals surface area contributed by atoms with Crippen LogP contribution in [0.3, 0.4) is 0 Å². The Morgan fingerprint density at radius 3 is 2.65 bits per heavy atom. The number of benzene rings is 1. The number of hydrogen-bond acceptors (Lipinski definition) is 4. The van der Waals surface area contributed by atoms with Crippen LogP contribution in [0.25, 0.3) is 0 Å². The van der Waals surface area contributed by atoms with Crippen LogP contribution in [0.2, 0.25) is 0 Å². The SMILES string of the molecule is COc1cccc(C(=O)C2CC3CCC(C2)N3)c1C#N. The maximum atomic E-state index is 12.7. The van der Waals surface area contributed by atoms with E-state index in [1.165, 1.54) is 7.11 Å². The minimum atomic E-state index is 0.0351. The van der Waals surface area contributed by atoms with Crippen LogP contribution in [-0.2, 0) is 0 Å². The van der Waals surface area contributed by atoms with Crippen LogP contribution in [0.4, 0.5) is 0 Å². The van der Waals surface area contributed by atoms with E-state index in [0.717, 1.165) is 25.7 Å². The number of carbonyl (C=O) groups is 1. The summed E-state index contributed by atoms with van der Waals surface area (Å²) in [6.07, 6.45) is 4.10. The molecule has 0 aliphatic carbocycles. The normalized spacial score (nSPS) is 27.9. The van der Waals surface area contributed by atoms with E-state index in [1.54, 1.807) is 18.2 Å². The summed E-state index contributed by atoms with van der Waals surface area (Å²) in [5.41, 5.74) is 0.879. The van der Waals surface area contributed by atoms with Crippen molar-refractivity contribution < 1.29 is 9.53 Å². The summed E-state index contributed by atoms with van der Waals surface area (Å²) in [4.78, 5) is 12.7. The number of piperidine rings is 1. The van der Waals surface area contributed by atoms with Crippen molar-refractivity contribution in [2.75, 3.05) is 7.11 Å². The van der Waals surface area contributed by atoms with Crippen LogP contribution in [0.15, 0.2) is 18.2 Å². The molecule has 0 amide bonds. The van der Waals surface area contributed by atoms with E-state index in [0.29, 0.717) is 29.0 Å². The highest BCUT2D eigenvalue weighted by Crippen LogP contribution is 2.34. The first kappa shape index (κ1) is 13.1.